The van der Waals surface area contributed by atoms with Gasteiger partial charge in [0.1, 0.15) is 5.82 Å². The topological polar surface area (TPSA) is 128 Å². The van der Waals surface area contributed by atoms with E-state index in [1.54, 1.807) is 25.1 Å². The highest BCUT2D eigenvalue weighted by molar-refractivity contribution is 5.89. The number of ether oxygens (including phenoxy) is 1. The van der Waals surface area contributed by atoms with Crippen molar-refractivity contribution in [1.82, 2.24) is 20.0 Å². The van der Waals surface area contributed by atoms with Crippen LogP contribution < -0.4 is 4.90 Å². The van der Waals surface area contributed by atoms with Crippen LogP contribution in [0, 0.1) is 10.1 Å². The summed E-state index contributed by atoms with van der Waals surface area (Å²) in [4.78, 5) is 35.4. The van der Waals surface area contributed by atoms with Crippen LogP contribution >= 0.6 is 0 Å². The van der Waals surface area contributed by atoms with E-state index in [-0.39, 0.29) is 11.7 Å². The molecule has 0 amide bonds. The van der Waals surface area contributed by atoms with Crippen LogP contribution in [0.5, 0.6) is 0 Å². The molecule has 1 aromatic carbocycles. The summed E-state index contributed by atoms with van der Waals surface area (Å²) in [5.74, 6) is 1.22. The molecule has 1 fully saturated rings. The number of rotatable bonds is 7. The lowest BCUT2D eigenvalue weighted by molar-refractivity contribution is -0.384. The van der Waals surface area contributed by atoms with Crippen LogP contribution in [0.25, 0.3) is 11.4 Å². The van der Waals surface area contributed by atoms with E-state index in [4.69, 9.17) is 9.26 Å². The maximum absolute atomic E-state index is 11.8. The molecular formula is C21H22N6O5. The van der Waals surface area contributed by atoms with Crippen LogP contribution in [-0.4, -0.2) is 63.7 Å². The van der Waals surface area contributed by atoms with Gasteiger partial charge in [-0.25, -0.2) is 9.78 Å². The number of aromatic nitrogens is 3. The molecule has 11 nitrogen and oxygen atoms in total. The van der Waals surface area contributed by atoms with Crippen molar-refractivity contribution in [2.45, 2.75) is 13.5 Å². The van der Waals surface area contributed by atoms with Gasteiger partial charge in [-0.1, -0.05) is 17.3 Å². The molecule has 0 unspecified atom stereocenters. The van der Waals surface area contributed by atoms with E-state index in [9.17, 15) is 14.9 Å². The summed E-state index contributed by atoms with van der Waals surface area (Å²) < 4.78 is 10.3. The summed E-state index contributed by atoms with van der Waals surface area (Å²) in [6.07, 6.45) is 1.54. The van der Waals surface area contributed by atoms with E-state index in [0.29, 0.717) is 36.0 Å². The van der Waals surface area contributed by atoms with E-state index in [1.165, 1.54) is 18.3 Å². The number of non-ortho nitro benzene ring substituents is 1. The van der Waals surface area contributed by atoms with Gasteiger partial charge in [-0.15, -0.1) is 0 Å². The number of carbonyl (C=O) groups excluding carboxylic acids is 1. The first-order valence-corrected chi connectivity index (χ1v) is 10.2. The molecule has 0 radical (unpaired) electrons. The van der Waals surface area contributed by atoms with Gasteiger partial charge in [0, 0.05) is 50.1 Å². The molecule has 4 rings (SSSR count). The molecule has 1 saturated heterocycles. The lowest BCUT2D eigenvalue weighted by atomic mass is 10.2. The van der Waals surface area contributed by atoms with Gasteiger partial charge in [-0.2, -0.15) is 4.98 Å². The Morgan fingerprint density at radius 3 is 2.72 bits per heavy atom. The van der Waals surface area contributed by atoms with E-state index < -0.39 is 4.92 Å². The lowest BCUT2D eigenvalue weighted by Crippen LogP contribution is -2.46. The lowest BCUT2D eigenvalue weighted by Gasteiger charge is -2.34. The van der Waals surface area contributed by atoms with Crippen molar-refractivity contribution in [2.24, 2.45) is 0 Å². The number of nitro benzene ring substituents is 1. The molecular weight excluding hydrogens is 416 g/mol. The molecule has 0 bridgehead atoms. The molecule has 2 aromatic heterocycles. The van der Waals surface area contributed by atoms with E-state index >= 15 is 0 Å². The second-order valence-electron chi connectivity index (χ2n) is 7.21. The van der Waals surface area contributed by atoms with Crippen LogP contribution in [0.3, 0.4) is 0 Å². The summed E-state index contributed by atoms with van der Waals surface area (Å²) in [5, 5.41) is 14.9. The molecule has 3 heterocycles. The maximum atomic E-state index is 11.8. The molecule has 166 valence electrons. The van der Waals surface area contributed by atoms with Crippen LogP contribution in [0.1, 0.15) is 23.2 Å². The Balaban J connectivity index is 1.32. The predicted molar refractivity (Wildman–Crippen MR) is 114 cm³/mol. The average Bonchev–Trinajstić information content (AvgIpc) is 3.28. The summed E-state index contributed by atoms with van der Waals surface area (Å²) >= 11 is 0. The maximum Gasteiger partial charge on any atom is 0.339 e. The van der Waals surface area contributed by atoms with Crippen LogP contribution in [0.2, 0.25) is 0 Å². The highest BCUT2D eigenvalue weighted by atomic mass is 16.6. The summed E-state index contributed by atoms with van der Waals surface area (Å²) in [6.45, 7) is 5.66. The molecule has 1 aliphatic heterocycles. The van der Waals surface area contributed by atoms with Gasteiger partial charge in [-0.3, -0.25) is 15.0 Å². The number of pyridine rings is 1. The minimum absolute atomic E-state index is 0.0196. The molecule has 1 aliphatic rings. The van der Waals surface area contributed by atoms with Gasteiger partial charge in [0.25, 0.3) is 5.69 Å². The highest BCUT2D eigenvalue weighted by Gasteiger charge is 2.21. The standard InChI is InChI=1S/C21H22N6O5/c1-2-31-21(28)16-6-7-18(22-13-16)26-10-8-25(9-11-26)14-19-23-20(24-32-19)15-4-3-5-17(12-15)27(29)30/h3-7,12-13H,2,8-11,14H2,1H3. The van der Waals surface area contributed by atoms with E-state index in [1.807, 2.05) is 6.07 Å². The minimum Gasteiger partial charge on any atom is -0.462 e. The second-order valence-corrected chi connectivity index (χ2v) is 7.21. The number of hydrogen-bond acceptors (Lipinski definition) is 10. The SMILES string of the molecule is CCOC(=O)c1ccc(N2CCN(Cc3nc(-c4cccc([N+](=O)[O-])c4)no3)CC2)nc1. The Morgan fingerprint density at radius 1 is 1.22 bits per heavy atom. The van der Waals surface area contributed by atoms with E-state index in [0.717, 1.165) is 32.0 Å². The van der Waals surface area contributed by atoms with Crippen molar-refractivity contribution in [2.75, 3.05) is 37.7 Å². The van der Waals surface area contributed by atoms with Gasteiger partial charge < -0.3 is 14.2 Å². The van der Waals surface area contributed by atoms with Crippen molar-refractivity contribution in [3.05, 3.63) is 64.2 Å². The molecule has 0 saturated carbocycles. The monoisotopic (exact) mass is 438 g/mol. The molecule has 32 heavy (non-hydrogen) atoms. The number of esters is 1. The average molecular weight is 438 g/mol. The van der Waals surface area contributed by atoms with Crippen molar-refractivity contribution in [3.8, 4) is 11.4 Å². The number of anilines is 1. The fourth-order valence-electron chi connectivity index (χ4n) is 3.43. The van der Waals surface area contributed by atoms with E-state index in [2.05, 4.69) is 24.9 Å². The third kappa shape index (κ3) is 4.89. The van der Waals surface area contributed by atoms with Crippen LogP contribution in [0.4, 0.5) is 11.5 Å². The Bertz CT molecular complexity index is 1090. The van der Waals surface area contributed by atoms with Gasteiger partial charge in [0.05, 0.1) is 23.6 Å². The third-order valence-corrected chi connectivity index (χ3v) is 5.10. The first kappa shape index (κ1) is 21.4. The number of nitrogens with zero attached hydrogens (tertiary/aromatic N) is 6. The first-order valence-electron chi connectivity index (χ1n) is 10.2. The predicted octanol–water partition coefficient (Wildman–Crippen LogP) is 2.54. The Kier molecular flexibility index (Phi) is 6.36. The van der Waals surface area contributed by atoms with Crippen LogP contribution in [-0.2, 0) is 11.3 Å². The smallest absolute Gasteiger partial charge is 0.339 e. The van der Waals surface area contributed by atoms with Crippen molar-refractivity contribution in [1.29, 1.82) is 0 Å². The second kappa shape index (κ2) is 9.52. The van der Waals surface area contributed by atoms with Gasteiger partial charge in [0.15, 0.2) is 0 Å². The Hall–Kier alpha value is -3.86. The highest BCUT2D eigenvalue weighted by Crippen LogP contribution is 2.22. The molecule has 0 spiro atoms. The number of hydrogen-bond donors (Lipinski definition) is 0. The Labute approximate surface area is 183 Å². The molecule has 11 heteroatoms. The minimum atomic E-state index is -0.455. The Morgan fingerprint density at radius 2 is 2.03 bits per heavy atom. The molecule has 0 N–H and O–H groups in total. The van der Waals surface area contributed by atoms with Crippen molar-refractivity contribution >= 4 is 17.5 Å². The van der Waals surface area contributed by atoms with Crippen molar-refractivity contribution < 1.29 is 19.0 Å². The zero-order valence-electron chi connectivity index (χ0n) is 17.5. The third-order valence-electron chi connectivity index (χ3n) is 5.10. The summed E-state index contributed by atoms with van der Waals surface area (Å²) in [6, 6.07) is 9.69. The zero-order valence-corrected chi connectivity index (χ0v) is 17.5. The fourth-order valence-corrected chi connectivity index (χ4v) is 3.43. The number of carbonyl (C=O) groups is 1. The molecule has 3 aromatic rings. The van der Waals surface area contributed by atoms with Crippen LogP contribution in [0.15, 0.2) is 47.1 Å². The molecule has 0 aliphatic carbocycles. The van der Waals surface area contributed by atoms with Crippen molar-refractivity contribution in [3.63, 3.8) is 0 Å². The number of nitro groups is 1. The normalized spacial score (nSPS) is 14.3. The van der Waals surface area contributed by atoms with Gasteiger partial charge in [0.2, 0.25) is 11.7 Å². The quantitative estimate of drug-likeness (QED) is 0.308. The van der Waals surface area contributed by atoms with Gasteiger partial charge in [-0.05, 0) is 19.1 Å². The number of benzene rings is 1. The fraction of sp³-hybridized carbons (Fsp3) is 0.333. The summed E-state index contributed by atoms with van der Waals surface area (Å²) in [7, 11) is 0. The first-order chi connectivity index (χ1) is 15.5. The zero-order chi connectivity index (χ0) is 22.5. The largest absolute Gasteiger partial charge is 0.462 e. The van der Waals surface area contributed by atoms with Gasteiger partial charge >= 0.3 is 5.97 Å². The molecule has 0 atom stereocenters. The number of piperazine rings is 1. The summed E-state index contributed by atoms with van der Waals surface area (Å²) in [5.41, 5.74) is 0.954.